The van der Waals surface area contributed by atoms with Crippen molar-refractivity contribution < 1.29 is 37.1 Å². The predicted octanol–water partition coefficient (Wildman–Crippen LogP) is 4.93. The molecular formula is C34H52N4O8S. The number of aliphatic hydroxyl groups excluding tert-OH is 1. The van der Waals surface area contributed by atoms with Crippen LogP contribution in [0.2, 0.25) is 0 Å². The molecule has 1 aliphatic carbocycles. The number of carbonyl (C=O) groups excluding carboxylic acids is 2. The van der Waals surface area contributed by atoms with Gasteiger partial charge in [0.1, 0.15) is 16.3 Å². The Hall–Kier alpha value is -3.00. The molecule has 0 bridgehead atoms. The average Bonchev–Trinajstić information content (AvgIpc) is 3.40. The summed E-state index contributed by atoms with van der Waals surface area (Å²) >= 11 is 0. The summed E-state index contributed by atoms with van der Waals surface area (Å²) in [6, 6.07) is 4.60. The molecule has 13 heteroatoms. The number of aryl methyl sites for hydroxylation is 2. The van der Waals surface area contributed by atoms with Crippen molar-refractivity contribution in [1.82, 2.24) is 14.4 Å². The van der Waals surface area contributed by atoms with Gasteiger partial charge >= 0.3 is 0 Å². The van der Waals surface area contributed by atoms with E-state index < -0.39 is 22.2 Å². The Kier molecular flexibility index (Phi) is 12.9. The van der Waals surface area contributed by atoms with Gasteiger partial charge in [0.05, 0.1) is 30.4 Å². The number of carbonyl (C=O) groups is 2. The first-order chi connectivity index (χ1) is 22.3. The normalized spacial score (nSPS) is 23.1. The van der Waals surface area contributed by atoms with E-state index in [1.807, 2.05) is 13.8 Å². The molecule has 2 N–H and O–H groups in total. The zero-order valence-electron chi connectivity index (χ0n) is 28.7. The van der Waals surface area contributed by atoms with E-state index in [2.05, 4.69) is 10.5 Å². The summed E-state index contributed by atoms with van der Waals surface area (Å²) in [6.45, 7) is 9.12. The Balaban J connectivity index is 1.64. The number of aliphatic hydroxyl groups is 1. The lowest BCUT2D eigenvalue weighted by Gasteiger charge is -2.35. The fourth-order valence-corrected chi connectivity index (χ4v) is 7.89. The van der Waals surface area contributed by atoms with E-state index in [1.54, 1.807) is 43.9 Å². The zero-order chi connectivity index (χ0) is 34.3. The van der Waals surface area contributed by atoms with Crippen molar-refractivity contribution in [3.8, 4) is 5.75 Å². The predicted molar refractivity (Wildman–Crippen MR) is 178 cm³/mol. The number of fused-ring (bicyclic) bond motifs is 1. The molecule has 1 saturated carbocycles. The van der Waals surface area contributed by atoms with Gasteiger partial charge in [-0.1, -0.05) is 31.3 Å². The Morgan fingerprint density at radius 1 is 1.13 bits per heavy atom. The molecule has 2 amide bonds. The summed E-state index contributed by atoms with van der Waals surface area (Å²) in [5, 5.41) is 17.1. The van der Waals surface area contributed by atoms with Gasteiger partial charge in [-0.3, -0.25) is 9.59 Å². The SMILES string of the molecule is Cc1noc(C)c1S(=O)(=O)N(C)C[C@H]1OCCCC[C@@H](C)Oc2ccc(NC(=O)C3CCCCC3)cc2C(=O)N([C@@H](C)CO)C[C@H]1C. The number of benzene rings is 1. The van der Waals surface area contributed by atoms with Gasteiger partial charge in [-0.2, -0.15) is 4.31 Å². The van der Waals surface area contributed by atoms with Crippen LogP contribution in [0.15, 0.2) is 27.6 Å². The number of sulfonamides is 1. The molecule has 1 aromatic heterocycles. The number of rotatable bonds is 8. The second kappa shape index (κ2) is 16.4. The van der Waals surface area contributed by atoms with Gasteiger partial charge in [0.15, 0.2) is 5.76 Å². The van der Waals surface area contributed by atoms with E-state index >= 15 is 0 Å². The third-order valence-electron chi connectivity index (χ3n) is 9.37. The minimum atomic E-state index is -3.93. The maximum atomic E-state index is 14.4. The fraction of sp³-hybridized carbons (Fsp3) is 0.676. The highest BCUT2D eigenvalue weighted by atomic mass is 32.2. The molecule has 2 aromatic rings. The first-order valence-electron chi connectivity index (χ1n) is 16.9. The number of aromatic nitrogens is 1. The summed E-state index contributed by atoms with van der Waals surface area (Å²) in [5.41, 5.74) is 1.09. The monoisotopic (exact) mass is 676 g/mol. The molecule has 12 nitrogen and oxygen atoms in total. The lowest BCUT2D eigenvalue weighted by atomic mass is 9.88. The number of nitrogens with one attached hydrogen (secondary N) is 1. The molecule has 262 valence electrons. The van der Waals surface area contributed by atoms with Crippen molar-refractivity contribution in [1.29, 1.82) is 0 Å². The Bertz CT molecular complexity index is 1450. The molecule has 4 rings (SSSR count). The summed E-state index contributed by atoms with van der Waals surface area (Å²) in [7, 11) is -2.43. The van der Waals surface area contributed by atoms with Gasteiger partial charge in [0.25, 0.3) is 5.91 Å². The van der Waals surface area contributed by atoms with Crippen LogP contribution in [-0.2, 0) is 19.6 Å². The number of hydrogen-bond donors (Lipinski definition) is 2. The van der Waals surface area contributed by atoms with Crippen LogP contribution >= 0.6 is 0 Å². The minimum Gasteiger partial charge on any atom is -0.490 e. The van der Waals surface area contributed by atoms with Gasteiger partial charge in [-0.15, -0.1) is 0 Å². The molecule has 47 heavy (non-hydrogen) atoms. The van der Waals surface area contributed by atoms with Gasteiger partial charge < -0.3 is 29.3 Å². The van der Waals surface area contributed by atoms with Crippen LogP contribution in [0.3, 0.4) is 0 Å². The first-order valence-corrected chi connectivity index (χ1v) is 18.3. The molecule has 1 fully saturated rings. The molecule has 2 aliphatic rings. The number of hydrogen-bond acceptors (Lipinski definition) is 9. The zero-order valence-corrected chi connectivity index (χ0v) is 29.5. The second-order valence-electron chi connectivity index (χ2n) is 13.3. The van der Waals surface area contributed by atoms with E-state index in [9.17, 15) is 23.1 Å². The molecule has 0 spiro atoms. The van der Waals surface area contributed by atoms with Gasteiger partial charge in [0, 0.05) is 44.3 Å². The lowest BCUT2D eigenvalue weighted by Crippen LogP contribution is -2.48. The van der Waals surface area contributed by atoms with Crippen LogP contribution < -0.4 is 10.1 Å². The summed E-state index contributed by atoms with van der Waals surface area (Å²) in [6.07, 6.45) is 6.43. The molecule has 0 saturated heterocycles. The van der Waals surface area contributed by atoms with E-state index in [4.69, 9.17) is 14.0 Å². The van der Waals surface area contributed by atoms with E-state index in [0.29, 0.717) is 30.0 Å². The third kappa shape index (κ3) is 9.13. The quantitative estimate of drug-likeness (QED) is 0.397. The Labute approximate surface area is 279 Å². The maximum absolute atomic E-state index is 14.4. The average molecular weight is 677 g/mol. The van der Waals surface area contributed by atoms with Crippen LogP contribution in [0, 0.1) is 25.7 Å². The summed E-state index contributed by atoms with van der Waals surface area (Å²) in [4.78, 5) is 29.1. The van der Waals surface area contributed by atoms with Crippen molar-refractivity contribution in [3.63, 3.8) is 0 Å². The maximum Gasteiger partial charge on any atom is 0.258 e. The highest BCUT2D eigenvalue weighted by Crippen LogP contribution is 2.31. The summed E-state index contributed by atoms with van der Waals surface area (Å²) in [5.74, 6) is -0.148. The van der Waals surface area contributed by atoms with Crippen LogP contribution in [0.25, 0.3) is 0 Å². The summed E-state index contributed by atoms with van der Waals surface area (Å²) < 4.78 is 46.1. The number of anilines is 1. The number of likely N-dealkylation sites (N-methyl/N-ethyl adjacent to an activating group) is 1. The lowest BCUT2D eigenvalue weighted by molar-refractivity contribution is -0.120. The molecule has 1 aliphatic heterocycles. The fourth-order valence-electron chi connectivity index (χ4n) is 6.42. The molecule has 0 unspecified atom stereocenters. The van der Waals surface area contributed by atoms with Crippen LogP contribution in [0.4, 0.5) is 5.69 Å². The van der Waals surface area contributed by atoms with Gasteiger partial charge in [-0.25, -0.2) is 8.42 Å². The Morgan fingerprint density at radius 3 is 2.49 bits per heavy atom. The number of ether oxygens (including phenoxy) is 2. The number of amides is 2. The second-order valence-corrected chi connectivity index (χ2v) is 15.3. The molecule has 2 heterocycles. The standard InChI is InChI=1S/C34H52N4O8S/c1-22-19-38(23(2)21-39)34(41)29-18-28(35-33(40)27-13-8-7-9-14-27)15-16-30(29)45-24(3)12-10-11-17-44-31(22)20-37(6)47(42,43)32-25(4)36-46-26(32)5/h15-16,18,22-24,27,31,39H,7-14,17,19-21H2,1-6H3,(H,35,40)/t22-,23+,24-,31-/m1/s1. The van der Waals surface area contributed by atoms with Gasteiger partial charge in [0.2, 0.25) is 15.9 Å². The number of nitrogens with zero attached hydrogens (tertiary/aromatic N) is 3. The molecular weight excluding hydrogens is 624 g/mol. The highest BCUT2D eigenvalue weighted by Gasteiger charge is 2.34. The van der Waals surface area contributed by atoms with Crippen LogP contribution in [-0.4, -0.2) is 91.3 Å². The van der Waals surface area contributed by atoms with Crippen molar-refractivity contribution in [2.45, 2.75) is 109 Å². The molecule has 4 atom stereocenters. The Morgan fingerprint density at radius 2 is 1.83 bits per heavy atom. The topological polar surface area (TPSA) is 152 Å². The molecule has 0 radical (unpaired) electrons. The smallest absolute Gasteiger partial charge is 0.258 e. The van der Waals surface area contributed by atoms with Crippen LogP contribution in [0.1, 0.15) is 93.9 Å². The largest absolute Gasteiger partial charge is 0.490 e. The van der Waals surface area contributed by atoms with Crippen LogP contribution in [0.5, 0.6) is 5.75 Å². The minimum absolute atomic E-state index is 0.0382. The molecule has 1 aromatic carbocycles. The highest BCUT2D eigenvalue weighted by molar-refractivity contribution is 7.89. The third-order valence-corrected chi connectivity index (χ3v) is 11.4. The first kappa shape index (κ1) is 36.8. The van der Waals surface area contributed by atoms with Crippen molar-refractivity contribution >= 4 is 27.5 Å². The van der Waals surface area contributed by atoms with E-state index in [1.165, 1.54) is 11.4 Å². The van der Waals surface area contributed by atoms with Crippen molar-refractivity contribution in [2.75, 3.05) is 38.7 Å². The van der Waals surface area contributed by atoms with Crippen molar-refractivity contribution in [2.24, 2.45) is 11.8 Å². The van der Waals surface area contributed by atoms with Crippen molar-refractivity contribution in [3.05, 3.63) is 35.2 Å². The van der Waals surface area contributed by atoms with E-state index in [-0.39, 0.29) is 65.8 Å². The van der Waals surface area contributed by atoms with E-state index in [0.717, 1.165) is 44.9 Å². The van der Waals surface area contributed by atoms with Gasteiger partial charge in [-0.05, 0) is 78.0 Å².